The van der Waals surface area contributed by atoms with Crippen LogP contribution in [0.25, 0.3) is 0 Å². The number of nitrogens with zero attached hydrogens (tertiary/aromatic N) is 2. The van der Waals surface area contributed by atoms with Crippen LogP contribution in [-0.2, 0) is 25.7 Å². The van der Waals surface area contributed by atoms with Crippen LogP contribution in [0.3, 0.4) is 0 Å². The van der Waals surface area contributed by atoms with Gasteiger partial charge in [-0.2, -0.15) is 0 Å². The topological polar surface area (TPSA) is 96.4 Å². The maximum absolute atomic E-state index is 13.4. The standard InChI is InChI=1S/C25H28N2O6/c1-14-18(4-5-19-20(14)13-33-23(19)30)21(28)11-27-15-2-3-16(27)10-25(9-15)6-7-26(24(25)31)17-8-22(29)32-12-17/h4-5,8,15-16,21,28H,2-3,6-7,9-13H2,1H3/t15?,16?,21-,25?/m0/s1. The van der Waals surface area contributed by atoms with Crippen molar-refractivity contribution in [1.29, 1.82) is 0 Å². The van der Waals surface area contributed by atoms with Crippen LogP contribution in [-0.4, -0.2) is 64.5 Å². The lowest BCUT2D eigenvalue weighted by Crippen LogP contribution is -2.51. The number of hydrogen-bond donors (Lipinski definition) is 1. The molecule has 0 aromatic heterocycles. The van der Waals surface area contributed by atoms with E-state index in [1.54, 1.807) is 11.0 Å². The van der Waals surface area contributed by atoms with Gasteiger partial charge in [0.1, 0.15) is 13.2 Å². The number of hydrogen-bond acceptors (Lipinski definition) is 7. The average molecular weight is 453 g/mol. The summed E-state index contributed by atoms with van der Waals surface area (Å²) in [7, 11) is 0. The zero-order valence-corrected chi connectivity index (χ0v) is 18.7. The molecule has 174 valence electrons. The molecule has 1 N–H and O–H groups in total. The van der Waals surface area contributed by atoms with Crippen LogP contribution < -0.4 is 0 Å². The molecule has 3 saturated heterocycles. The summed E-state index contributed by atoms with van der Waals surface area (Å²) in [5.41, 5.74) is 3.54. The highest BCUT2D eigenvalue weighted by Gasteiger charge is 2.56. The zero-order valence-electron chi connectivity index (χ0n) is 18.7. The molecule has 1 amide bonds. The lowest BCUT2D eigenvalue weighted by atomic mass is 9.73. The third-order valence-corrected chi connectivity index (χ3v) is 8.48. The lowest BCUT2D eigenvalue weighted by Gasteiger charge is -2.44. The molecule has 5 aliphatic rings. The zero-order chi connectivity index (χ0) is 22.9. The minimum absolute atomic E-state index is 0.128. The number of aliphatic hydroxyl groups excluding tert-OH is 1. The highest BCUT2D eigenvalue weighted by Crippen LogP contribution is 2.52. The minimum Gasteiger partial charge on any atom is -0.457 e. The van der Waals surface area contributed by atoms with Crippen molar-refractivity contribution in [3.63, 3.8) is 0 Å². The van der Waals surface area contributed by atoms with Gasteiger partial charge in [0.15, 0.2) is 0 Å². The van der Waals surface area contributed by atoms with Crippen molar-refractivity contribution in [3.8, 4) is 0 Å². The summed E-state index contributed by atoms with van der Waals surface area (Å²) in [6, 6.07) is 4.12. The number of carbonyl (C=O) groups excluding carboxylic acids is 3. The number of amides is 1. The number of benzene rings is 1. The van der Waals surface area contributed by atoms with E-state index in [0.29, 0.717) is 24.4 Å². The van der Waals surface area contributed by atoms with E-state index in [-0.39, 0.29) is 48.6 Å². The Hall–Kier alpha value is -2.71. The van der Waals surface area contributed by atoms with Gasteiger partial charge in [0.2, 0.25) is 5.91 Å². The molecule has 0 aliphatic carbocycles. The highest BCUT2D eigenvalue weighted by molar-refractivity contribution is 5.94. The molecule has 5 heterocycles. The lowest BCUT2D eigenvalue weighted by molar-refractivity contribution is -0.140. The quantitative estimate of drug-likeness (QED) is 0.698. The SMILES string of the molecule is Cc1c([C@@H](O)CN2C3CCC2CC2(CCN(C4=CC(=O)OC4)C2=O)C3)ccc2c1COC2=O. The largest absolute Gasteiger partial charge is 0.457 e. The van der Waals surface area contributed by atoms with E-state index in [9.17, 15) is 19.5 Å². The minimum atomic E-state index is -0.661. The number of ether oxygens (including phenoxy) is 2. The van der Waals surface area contributed by atoms with Crippen LogP contribution in [0, 0.1) is 12.3 Å². The van der Waals surface area contributed by atoms with Crippen molar-refractivity contribution in [2.45, 2.75) is 63.8 Å². The van der Waals surface area contributed by atoms with Crippen molar-refractivity contribution in [2.75, 3.05) is 19.7 Å². The average Bonchev–Trinajstić information content (AvgIpc) is 3.51. The maximum atomic E-state index is 13.4. The maximum Gasteiger partial charge on any atom is 0.338 e. The predicted molar refractivity (Wildman–Crippen MR) is 116 cm³/mol. The van der Waals surface area contributed by atoms with Gasteiger partial charge in [-0.05, 0) is 56.2 Å². The van der Waals surface area contributed by atoms with Crippen molar-refractivity contribution in [2.24, 2.45) is 5.41 Å². The van der Waals surface area contributed by atoms with Crippen LogP contribution >= 0.6 is 0 Å². The van der Waals surface area contributed by atoms with E-state index >= 15 is 0 Å². The summed E-state index contributed by atoms with van der Waals surface area (Å²) < 4.78 is 10.2. The number of aliphatic hydroxyl groups is 1. The molecule has 8 heteroatoms. The van der Waals surface area contributed by atoms with Gasteiger partial charge in [-0.15, -0.1) is 0 Å². The Morgan fingerprint density at radius 3 is 2.58 bits per heavy atom. The first-order valence-corrected chi connectivity index (χ1v) is 11.8. The van der Waals surface area contributed by atoms with Crippen LogP contribution in [0.15, 0.2) is 23.9 Å². The van der Waals surface area contributed by atoms with Gasteiger partial charge >= 0.3 is 11.9 Å². The Kier molecular flexibility index (Phi) is 4.68. The summed E-state index contributed by atoms with van der Waals surface area (Å²) in [5, 5.41) is 11.1. The summed E-state index contributed by atoms with van der Waals surface area (Å²) in [6.45, 7) is 3.55. The smallest absolute Gasteiger partial charge is 0.338 e. The highest BCUT2D eigenvalue weighted by atomic mass is 16.5. The van der Waals surface area contributed by atoms with E-state index in [4.69, 9.17) is 9.47 Å². The molecule has 3 atom stereocenters. The Labute approximate surface area is 192 Å². The first-order valence-electron chi connectivity index (χ1n) is 11.8. The molecule has 3 fully saturated rings. The van der Waals surface area contributed by atoms with E-state index in [1.165, 1.54) is 6.08 Å². The number of carbonyl (C=O) groups is 3. The molecule has 8 nitrogen and oxygen atoms in total. The number of esters is 2. The molecule has 0 saturated carbocycles. The van der Waals surface area contributed by atoms with Crippen molar-refractivity contribution in [3.05, 3.63) is 46.2 Å². The van der Waals surface area contributed by atoms with Crippen LogP contribution in [0.5, 0.6) is 0 Å². The molecule has 0 radical (unpaired) electrons. The summed E-state index contributed by atoms with van der Waals surface area (Å²) in [4.78, 5) is 40.9. The number of cyclic esters (lactones) is 2. The fraction of sp³-hybridized carbons (Fsp3) is 0.560. The molecule has 1 aromatic carbocycles. The van der Waals surface area contributed by atoms with Gasteiger partial charge in [0, 0.05) is 36.8 Å². The summed E-state index contributed by atoms with van der Waals surface area (Å²) in [6.07, 6.45) is 5.22. The Balaban J connectivity index is 1.18. The van der Waals surface area contributed by atoms with Gasteiger partial charge < -0.3 is 19.5 Å². The third kappa shape index (κ3) is 3.14. The Bertz CT molecular complexity index is 1080. The first kappa shape index (κ1) is 20.9. The molecule has 2 unspecified atom stereocenters. The van der Waals surface area contributed by atoms with Gasteiger partial charge in [-0.3, -0.25) is 9.69 Å². The van der Waals surface area contributed by atoms with Crippen molar-refractivity contribution < 1.29 is 29.0 Å². The molecule has 5 aliphatic heterocycles. The molecule has 33 heavy (non-hydrogen) atoms. The first-order chi connectivity index (χ1) is 15.9. The molecule has 6 rings (SSSR count). The van der Waals surface area contributed by atoms with Crippen molar-refractivity contribution in [1.82, 2.24) is 9.80 Å². The van der Waals surface area contributed by atoms with E-state index in [2.05, 4.69) is 4.90 Å². The normalized spacial score (nSPS) is 31.8. The van der Waals surface area contributed by atoms with Crippen LogP contribution in [0.1, 0.15) is 65.3 Å². The van der Waals surface area contributed by atoms with Gasteiger partial charge in [0.25, 0.3) is 0 Å². The fourth-order valence-corrected chi connectivity index (χ4v) is 6.76. The molecular formula is C25H28N2O6. The predicted octanol–water partition coefficient (Wildman–Crippen LogP) is 1.99. The second kappa shape index (κ2) is 7.40. The molecule has 2 bridgehead atoms. The Morgan fingerprint density at radius 1 is 1.12 bits per heavy atom. The van der Waals surface area contributed by atoms with Crippen LogP contribution in [0.4, 0.5) is 0 Å². The summed E-state index contributed by atoms with van der Waals surface area (Å²) in [5.74, 6) is -0.545. The molecule has 1 aromatic rings. The second-order valence-corrected chi connectivity index (χ2v) is 10.1. The van der Waals surface area contributed by atoms with E-state index in [1.807, 2.05) is 13.0 Å². The van der Waals surface area contributed by atoms with Gasteiger partial charge in [-0.1, -0.05) is 6.07 Å². The van der Waals surface area contributed by atoms with Gasteiger partial charge in [-0.25, -0.2) is 9.59 Å². The number of piperidine rings is 1. The summed E-state index contributed by atoms with van der Waals surface area (Å²) >= 11 is 0. The van der Waals surface area contributed by atoms with Crippen molar-refractivity contribution >= 4 is 17.8 Å². The number of rotatable bonds is 4. The van der Waals surface area contributed by atoms with E-state index in [0.717, 1.165) is 48.8 Å². The number of fused-ring (bicyclic) bond motifs is 3. The monoisotopic (exact) mass is 452 g/mol. The third-order valence-electron chi connectivity index (χ3n) is 8.48. The Morgan fingerprint density at radius 2 is 1.88 bits per heavy atom. The fourth-order valence-electron chi connectivity index (χ4n) is 6.76. The van der Waals surface area contributed by atoms with Crippen LogP contribution in [0.2, 0.25) is 0 Å². The second-order valence-electron chi connectivity index (χ2n) is 10.1. The molecule has 1 spiro atoms. The number of likely N-dealkylation sites (tertiary alicyclic amines) is 1. The molecular weight excluding hydrogens is 424 g/mol. The van der Waals surface area contributed by atoms with E-state index < -0.39 is 6.10 Å². The van der Waals surface area contributed by atoms with Gasteiger partial charge in [0.05, 0.1) is 22.8 Å².